The van der Waals surface area contributed by atoms with E-state index >= 15 is 0 Å². The SMILES string of the molecule is CN=C(NCCc1cc(F)ccc1F)NCC(CC(C)C)N1CCOCC1. The summed E-state index contributed by atoms with van der Waals surface area (Å²) in [6, 6.07) is 3.95. The van der Waals surface area contributed by atoms with E-state index in [9.17, 15) is 8.78 Å². The molecule has 1 fully saturated rings. The first kappa shape index (κ1) is 21.6. The van der Waals surface area contributed by atoms with Crippen molar-refractivity contribution in [1.82, 2.24) is 15.5 Å². The minimum absolute atomic E-state index is 0.365. The average Bonchev–Trinajstić information content (AvgIpc) is 2.66. The lowest BCUT2D eigenvalue weighted by Gasteiger charge is -2.35. The number of ether oxygens (including phenoxy) is 1. The third-order valence-corrected chi connectivity index (χ3v) is 4.73. The number of nitrogens with zero attached hydrogens (tertiary/aromatic N) is 2. The summed E-state index contributed by atoms with van der Waals surface area (Å²) in [7, 11) is 1.71. The predicted octanol–water partition coefficient (Wildman–Crippen LogP) is 2.42. The van der Waals surface area contributed by atoms with Crippen LogP contribution >= 0.6 is 0 Å². The van der Waals surface area contributed by atoms with Gasteiger partial charge in [0.15, 0.2) is 5.96 Å². The van der Waals surface area contributed by atoms with Gasteiger partial charge < -0.3 is 15.4 Å². The van der Waals surface area contributed by atoms with Crippen LogP contribution in [0.25, 0.3) is 0 Å². The maximum absolute atomic E-state index is 13.7. The minimum atomic E-state index is -0.420. The highest BCUT2D eigenvalue weighted by molar-refractivity contribution is 5.79. The number of aliphatic imine (C=N–C) groups is 1. The van der Waals surface area contributed by atoms with Gasteiger partial charge in [-0.2, -0.15) is 0 Å². The van der Waals surface area contributed by atoms with Crippen LogP contribution in [0.15, 0.2) is 23.2 Å². The van der Waals surface area contributed by atoms with Crippen LogP contribution in [0.2, 0.25) is 0 Å². The first-order valence-electron chi connectivity index (χ1n) is 9.69. The Bertz CT molecular complexity index is 604. The van der Waals surface area contributed by atoms with E-state index in [0.29, 0.717) is 36.4 Å². The molecule has 5 nitrogen and oxygen atoms in total. The van der Waals surface area contributed by atoms with Crippen LogP contribution < -0.4 is 10.6 Å². The maximum atomic E-state index is 13.7. The van der Waals surface area contributed by atoms with Gasteiger partial charge in [-0.15, -0.1) is 0 Å². The predicted molar refractivity (Wildman–Crippen MR) is 105 cm³/mol. The molecule has 27 heavy (non-hydrogen) atoms. The highest BCUT2D eigenvalue weighted by Gasteiger charge is 2.22. The van der Waals surface area contributed by atoms with Crippen LogP contribution in [-0.4, -0.2) is 63.3 Å². The van der Waals surface area contributed by atoms with Gasteiger partial charge in [-0.25, -0.2) is 8.78 Å². The smallest absolute Gasteiger partial charge is 0.191 e. The number of hydrogen-bond donors (Lipinski definition) is 2. The van der Waals surface area contributed by atoms with Crippen LogP contribution in [-0.2, 0) is 11.2 Å². The van der Waals surface area contributed by atoms with Crippen LogP contribution in [0, 0.1) is 17.6 Å². The van der Waals surface area contributed by atoms with Crippen molar-refractivity contribution in [3.05, 3.63) is 35.4 Å². The monoisotopic (exact) mass is 382 g/mol. The molecule has 1 aromatic rings. The summed E-state index contributed by atoms with van der Waals surface area (Å²) in [5.74, 6) is 0.473. The topological polar surface area (TPSA) is 48.9 Å². The number of nitrogens with one attached hydrogen (secondary N) is 2. The molecule has 2 rings (SSSR count). The molecule has 0 aromatic heterocycles. The van der Waals surface area contributed by atoms with Crippen molar-refractivity contribution in [2.24, 2.45) is 10.9 Å². The lowest BCUT2D eigenvalue weighted by Crippen LogP contribution is -2.51. The number of halogens is 2. The van der Waals surface area contributed by atoms with Crippen molar-refractivity contribution in [2.75, 3.05) is 46.4 Å². The lowest BCUT2D eigenvalue weighted by molar-refractivity contribution is 0.0132. The second-order valence-corrected chi connectivity index (χ2v) is 7.30. The Labute approximate surface area is 161 Å². The summed E-state index contributed by atoms with van der Waals surface area (Å²) < 4.78 is 32.4. The molecule has 1 saturated heterocycles. The van der Waals surface area contributed by atoms with Crippen molar-refractivity contribution in [3.63, 3.8) is 0 Å². The summed E-state index contributed by atoms with van der Waals surface area (Å²) >= 11 is 0. The summed E-state index contributed by atoms with van der Waals surface area (Å²) in [6.07, 6.45) is 1.49. The molecule has 0 bridgehead atoms. The van der Waals surface area contributed by atoms with E-state index in [1.165, 1.54) is 6.07 Å². The molecule has 0 saturated carbocycles. The van der Waals surface area contributed by atoms with Crippen molar-refractivity contribution in [3.8, 4) is 0 Å². The Morgan fingerprint density at radius 2 is 1.96 bits per heavy atom. The van der Waals surface area contributed by atoms with Gasteiger partial charge in [-0.05, 0) is 42.5 Å². The quantitative estimate of drug-likeness (QED) is 0.536. The van der Waals surface area contributed by atoms with Crippen molar-refractivity contribution in [1.29, 1.82) is 0 Å². The first-order chi connectivity index (χ1) is 13.0. The molecule has 152 valence electrons. The largest absolute Gasteiger partial charge is 0.379 e. The molecule has 1 aromatic carbocycles. The molecule has 2 N–H and O–H groups in total. The minimum Gasteiger partial charge on any atom is -0.379 e. The van der Waals surface area contributed by atoms with Crippen molar-refractivity contribution in [2.45, 2.75) is 32.7 Å². The van der Waals surface area contributed by atoms with Gasteiger partial charge in [-0.3, -0.25) is 9.89 Å². The second kappa shape index (κ2) is 11.2. The van der Waals surface area contributed by atoms with E-state index in [0.717, 1.165) is 51.4 Å². The van der Waals surface area contributed by atoms with Gasteiger partial charge in [0.25, 0.3) is 0 Å². The zero-order chi connectivity index (χ0) is 19.6. The molecule has 0 spiro atoms. The third-order valence-electron chi connectivity index (χ3n) is 4.73. The van der Waals surface area contributed by atoms with Crippen LogP contribution in [0.4, 0.5) is 8.78 Å². The number of rotatable bonds is 8. The molecule has 0 aliphatic carbocycles. The molecule has 0 radical (unpaired) electrons. The fourth-order valence-electron chi connectivity index (χ4n) is 3.33. The standard InChI is InChI=1S/C20H32F2N4O/c1-15(2)12-18(26-8-10-27-11-9-26)14-25-20(23-3)24-7-6-16-13-17(21)4-5-19(16)22/h4-5,13,15,18H,6-12,14H2,1-3H3,(H2,23,24,25). The summed E-state index contributed by atoms with van der Waals surface area (Å²) in [5.41, 5.74) is 0.365. The van der Waals surface area contributed by atoms with Crippen LogP contribution in [0.1, 0.15) is 25.8 Å². The van der Waals surface area contributed by atoms with E-state index in [4.69, 9.17) is 4.74 Å². The molecule has 1 heterocycles. The molecule has 1 aliphatic heterocycles. The Hall–Kier alpha value is -1.73. The van der Waals surface area contributed by atoms with E-state index in [-0.39, 0.29) is 5.82 Å². The highest BCUT2D eigenvalue weighted by atomic mass is 19.1. The molecule has 7 heteroatoms. The van der Waals surface area contributed by atoms with Crippen molar-refractivity contribution >= 4 is 5.96 Å². The summed E-state index contributed by atoms with van der Waals surface area (Å²) in [5, 5.41) is 6.56. The first-order valence-corrected chi connectivity index (χ1v) is 9.69. The second-order valence-electron chi connectivity index (χ2n) is 7.30. The molecule has 1 atom stereocenters. The lowest BCUT2D eigenvalue weighted by atomic mass is 10.0. The zero-order valence-corrected chi connectivity index (χ0v) is 16.6. The normalized spacial score (nSPS) is 17.2. The van der Waals surface area contributed by atoms with Gasteiger partial charge in [0, 0.05) is 39.3 Å². The third kappa shape index (κ3) is 7.42. The van der Waals surface area contributed by atoms with Gasteiger partial charge in [0.05, 0.1) is 13.2 Å². The van der Waals surface area contributed by atoms with E-state index in [1.807, 2.05) is 0 Å². The Kier molecular flexibility index (Phi) is 8.94. The van der Waals surface area contributed by atoms with Gasteiger partial charge in [0.2, 0.25) is 0 Å². The Balaban J connectivity index is 1.82. The van der Waals surface area contributed by atoms with E-state index in [2.05, 4.69) is 34.4 Å². The maximum Gasteiger partial charge on any atom is 0.191 e. The van der Waals surface area contributed by atoms with Gasteiger partial charge in [-0.1, -0.05) is 13.8 Å². The van der Waals surface area contributed by atoms with Crippen LogP contribution in [0.5, 0.6) is 0 Å². The number of hydrogen-bond acceptors (Lipinski definition) is 3. The van der Waals surface area contributed by atoms with Crippen LogP contribution in [0.3, 0.4) is 0 Å². The van der Waals surface area contributed by atoms with E-state index < -0.39 is 5.82 Å². The zero-order valence-electron chi connectivity index (χ0n) is 16.6. The van der Waals surface area contributed by atoms with Gasteiger partial charge >= 0.3 is 0 Å². The molecule has 1 unspecified atom stereocenters. The fraction of sp³-hybridized carbons (Fsp3) is 0.650. The van der Waals surface area contributed by atoms with E-state index in [1.54, 1.807) is 7.05 Å². The molecule has 1 aliphatic rings. The molecular formula is C20H32F2N4O. The van der Waals surface area contributed by atoms with Crippen molar-refractivity contribution < 1.29 is 13.5 Å². The summed E-state index contributed by atoms with van der Waals surface area (Å²) in [4.78, 5) is 6.70. The number of benzene rings is 1. The Morgan fingerprint density at radius 1 is 1.22 bits per heavy atom. The summed E-state index contributed by atoms with van der Waals surface area (Å²) in [6.45, 7) is 9.18. The highest BCUT2D eigenvalue weighted by Crippen LogP contribution is 2.13. The fourth-order valence-corrected chi connectivity index (χ4v) is 3.33. The number of guanidine groups is 1. The molecule has 0 amide bonds. The number of morpholine rings is 1. The Morgan fingerprint density at radius 3 is 2.63 bits per heavy atom. The average molecular weight is 382 g/mol. The van der Waals surface area contributed by atoms with Gasteiger partial charge in [0.1, 0.15) is 11.6 Å². The molecular weight excluding hydrogens is 350 g/mol.